The van der Waals surface area contributed by atoms with Crippen molar-refractivity contribution in [2.24, 2.45) is 0 Å². The lowest BCUT2D eigenvalue weighted by molar-refractivity contribution is -0.127. The van der Waals surface area contributed by atoms with Gasteiger partial charge in [-0.1, -0.05) is 12.1 Å². The SMILES string of the molecule is COc1ccc(OC)c(-c2nnc3ccc(OCCNC(=O)C(C)Oc4ccccc4F)nn23)c1. The second-order valence-electron chi connectivity index (χ2n) is 7.36. The van der Waals surface area contributed by atoms with Crippen LogP contribution in [0.15, 0.2) is 54.6 Å². The van der Waals surface area contributed by atoms with Crippen LogP contribution in [0.4, 0.5) is 4.39 Å². The van der Waals surface area contributed by atoms with Crippen molar-refractivity contribution < 1.29 is 28.1 Å². The van der Waals surface area contributed by atoms with Gasteiger partial charge < -0.3 is 24.3 Å². The first-order chi connectivity index (χ1) is 17.0. The van der Waals surface area contributed by atoms with Crippen molar-refractivity contribution in [3.05, 3.63) is 60.4 Å². The standard InChI is InChI=1S/C24H24FN5O5/c1-15(35-20-7-5-4-6-18(20)25)24(31)26-12-13-34-22-11-10-21-27-28-23(30(21)29-22)17-14-16(32-2)8-9-19(17)33-3/h4-11,14-15H,12-13H2,1-3H3,(H,26,31). The maximum absolute atomic E-state index is 13.7. The van der Waals surface area contributed by atoms with Crippen molar-refractivity contribution in [3.63, 3.8) is 0 Å². The first-order valence-electron chi connectivity index (χ1n) is 10.8. The second-order valence-corrected chi connectivity index (χ2v) is 7.36. The molecule has 10 nitrogen and oxygen atoms in total. The van der Waals surface area contributed by atoms with E-state index in [1.807, 2.05) is 0 Å². The summed E-state index contributed by atoms with van der Waals surface area (Å²) in [6.07, 6.45) is -0.876. The topological polar surface area (TPSA) is 109 Å². The Bertz CT molecular complexity index is 1330. The third-order valence-electron chi connectivity index (χ3n) is 5.05. The summed E-state index contributed by atoms with van der Waals surface area (Å²) in [6.45, 7) is 1.89. The Morgan fingerprint density at radius 2 is 1.89 bits per heavy atom. The number of nitrogens with zero attached hydrogens (tertiary/aromatic N) is 4. The number of carbonyl (C=O) groups is 1. The molecule has 4 rings (SSSR count). The van der Waals surface area contributed by atoms with E-state index in [4.69, 9.17) is 18.9 Å². The molecule has 0 saturated heterocycles. The molecular weight excluding hydrogens is 457 g/mol. The highest BCUT2D eigenvalue weighted by atomic mass is 19.1. The summed E-state index contributed by atoms with van der Waals surface area (Å²) in [5.74, 6) is 1.07. The number of nitrogens with one attached hydrogen (secondary N) is 1. The van der Waals surface area contributed by atoms with Crippen LogP contribution in [0.2, 0.25) is 0 Å². The minimum atomic E-state index is -0.876. The van der Waals surface area contributed by atoms with Gasteiger partial charge in [-0.2, -0.15) is 4.52 Å². The highest BCUT2D eigenvalue weighted by Gasteiger charge is 2.17. The molecule has 2 heterocycles. The van der Waals surface area contributed by atoms with Gasteiger partial charge in [-0.25, -0.2) is 4.39 Å². The largest absolute Gasteiger partial charge is 0.497 e. The Hall–Kier alpha value is -4.41. The van der Waals surface area contributed by atoms with Crippen LogP contribution in [0.1, 0.15) is 6.92 Å². The van der Waals surface area contributed by atoms with Crippen molar-refractivity contribution in [2.45, 2.75) is 13.0 Å². The van der Waals surface area contributed by atoms with Gasteiger partial charge in [-0.05, 0) is 43.3 Å². The predicted molar refractivity (Wildman–Crippen MR) is 124 cm³/mol. The zero-order valence-electron chi connectivity index (χ0n) is 19.4. The highest BCUT2D eigenvalue weighted by Crippen LogP contribution is 2.32. The van der Waals surface area contributed by atoms with Crippen molar-refractivity contribution in [1.82, 2.24) is 25.1 Å². The molecule has 1 amide bonds. The summed E-state index contributed by atoms with van der Waals surface area (Å²) in [5, 5.41) is 15.5. The van der Waals surface area contributed by atoms with Gasteiger partial charge in [0.05, 0.1) is 26.3 Å². The quantitative estimate of drug-likeness (QED) is 0.345. The van der Waals surface area contributed by atoms with Gasteiger partial charge in [0.15, 0.2) is 29.1 Å². The number of para-hydroxylation sites is 1. The maximum Gasteiger partial charge on any atom is 0.260 e. The van der Waals surface area contributed by atoms with E-state index in [0.29, 0.717) is 34.4 Å². The fourth-order valence-corrected chi connectivity index (χ4v) is 3.26. The van der Waals surface area contributed by atoms with Gasteiger partial charge in [0, 0.05) is 6.07 Å². The first kappa shape index (κ1) is 23.7. The van der Waals surface area contributed by atoms with Crippen molar-refractivity contribution >= 4 is 11.6 Å². The molecule has 1 atom stereocenters. The number of halogens is 1. The van der Waals surface area contributed by atoms with E-state index in [-0.39, 0.29) is 18.9 Å². The van der Waals surface area contributed by atoms with E-state index in [9.17, 15) is 9.18 Å². The van der Waals surface area contributed by atoms with Crippen LogP contribution in [0, 0.1) is 5.82 Å². The number of amides is 1. The molecule has 2 aromatic heterocycles. The third kappa shape index (κ3) is 5.40. The number of fused-ring (bicyclic) bond motifs is 1. The van der Waals surface area contributed by atoms with Gasteiger partial charge in [-0.15, -0.1) is 15.3 Å². The number of benzene rings is 2. The number of carbonyl (C=O) groups excluding carboxylic acids is 1. The molecular formula is C24H24FN5O5. The molecule has 0 bridgehead atoms. The van der Waals surface area contributed by atoms with Crippen LogP contribution >= 0.6 is 0 Å². The molecule has 0 radical (unpaired) electrons. The van der Waals surface area contributed by atoms with Gasteiger partial charge in [-0.3, -0.25) is 4.79 Å². The molecule has 0 aliphatic rings. The highest BCUT2D eigenvalue weighted by molar-refractivity contribution is 5.80. The minimum Gasteiger partial charge on any atom is -0.497 e. The van der Waals surface area contributed by atoms with E-state index in [1.165, 1.54) is 16.6 Å². The molecule has 2 aromatic carbocycles. The monoisotopic (exact) mass is 481 g/mol. The van der Waals surface area contributed by atoms with Gasteiger partial charge in [0.25, 0.3) is 5.91 Å². The van der Waals surface area contributed by atoms with Crippen LogP contribution < -0.4 is 24.3 Å². The molecule has 1 N–H and O–H groups in total. The number of hydrogen-bond donors (Lipinski definition) is 1. The van der Waals surface area contributed by atoms with E-state index in [1.54, 1.807) is 63.6 Å². The van der Waals surface area contributed by atoms with E-state index >= 15 is 0 Å². The van der Waals surface area contributed by atoms with Crippen LogP contribution in [0.3, 0.4) is 0 Å². The van der Waals surface area contributed by atoms with Crippen molar-refractivity contribution in [2.75, 3.05) is 27.4 Å². The zero-order valence-corrected chi connectivity index (χ0v) is 19.4. The fraction of sp³-hybridized carbons (Fsp3) is 0.250. The number of aromatic nitrogens is 4. The van der Waals surface area contributed by atoms with Crippen LogP contribution in [-0.2, 0) is 4.79 Å². The Morgan fingerprint density at radius 3 is 2.66 bits per heavy atom. The number of hydrogen-bond acceptors (Lipinski definition) is 8. The summed E-state index contributed by atoms with van der Waals surface area (Å²) in [5.41, 5.74) is 1.17. The molecule has 182 valence electrons. The molecule has 0 aliphatic carbocycles. The molecule has 0 fully saturated rings. The van der Waals surface area contributed by atoms with Crippen LogP contribution in [-0.4, -0.2) is 59.2 Å². The normalized spacial score (nSPS) is 11.7. The number of rotatable bonds is 10. The van der Waals surface area contributed by atoms with E-state index < -0.39 is 17.8 Å². The average molecular weight is 481 g/mol. The van der Waals surface area contributed by atoms with Crippen LogP contribution in [0.5, 0.6) is 23.1 Å². The predicted octanol–water partition coefficient (Wildman–Crippen LogP) is 2.91. The second kappa shape index (κ2) is 10.7. The van der Waals surface area contributed by atoms with E-state index in [0.717, 1.165) is 0 Å². The molecule has 0 saturated carbocycles. The first-order valence-corrected chi connectivity index (χ1v) is 10.8. The fourth-order valence-electron chi connectivity index (χ4n) is 3.26. The average Bonchev–Trinajstić information content (AvgIpc) is 3.30. The van der Waals surface area contributed by atoms with Crippen molar-refractivity contribution in [1.29, 1.82) is 0 Å². The summed E-state index contributed by atoms with van der Waals surface area (Å²) in [4.78, 5) is 12.3. The zero-order chi connectivity index (χ0) is 24.8. The van der Waals surface area contributed by atoms with E-state index in [2.05, 4.69) is 20.6 Å². The van der Waals surface area contributed by atoms with Crippen LogP contribution in [0.25, 0.3) is 17.0 Å². The summed E-state index contributed by atoms with van der Waals surface area (Å²) >= 11 is 0. The lowest BCUT2D eigenvalue weighted by Crippen LogP contribution is -2.38. The number of methoxy groups -OCH3 is 2. The summed E-state index contributed by atoms with van der Waals surface area (Å²) < 4.78 is 37.1. The molecule has 1 unspecified atom stereocenters. The molecule has 0 spiro atoms. The number of ether oxygens (including phenoxy) is 4. The molecule has 0 aliphatic heterocycles. The Labute approximate surface area is 200 Å². The lowest BCUT2D eigenvalue weighted by Gasteiger charge is -2.15. The third-order valence-corrected chi connectivity index (χ3v) is 5.05. The van der Waals surface area contributed by atoms with Crippen molar-refractivity contribution in [3.8, 4) is 34.5 Å². The summed E-state index contributed by atoms with van der Waals surface area (Å²) in [7, 11) is 3.14. The Balaban J connectivity index is 1.38. The summed E-state index contributed by atoms with van der Waals surface area (Å²) in [6, 6.07) is 14.6. The van der Waals surface area contributed by atoms with Gasteiger partial charge >= 0.3 is 0 Å². The van der Waals surface area contributed by atoms with Gasteiger partial charge in [0.1, 0.15) is 18.1 Å². The smallest absolute Gasteiger partial charge is 0.260 e. The Kier molecular flexibility index (Phi) is 7.24. The minimum absolute atomic E-state index is 0.0151. The molecule has 4 aromatic rings. The lowest BCUT2D eigenvalue weighted by atomic mass is 10.2. The van der Waals surface area contributed by atoms with Gasteiger partial charge in [0.2, 0.25) is 5.88 Å². The maximum atomic E-state index is 13.7. The molecule has 35 heavy (non-hydrogen) atoms. The molecule has 11 heteroatoms. The Morgan fingerprint density at radius 1 is 1.06 bits per heavy atom.